The first kappa shape index (κ1) is 40.7. The first-order chi connectivity index (χ1) is 35.0. The predicted octanol–water partition coefficient (Wildman–Crippen LogP) is 14.9. The van der Waals surface area contributed by atoms with Gasteiger partial charge in [0.15, 0.2) is 11.5 Å². The molecular weight excluding hydrogens is 871 g/mol. The highest BCUT2D eigenvalue weighted by Crippen LogP contribution is 2.41. The zero-order valence-corrected chi connectivity index (χ0v) is 37.6. The number of nitrogens with zero attached hydrogens (tertiary/aromatic N) is 9. The van der Waals surface area contributed by atoms with Crippen molar-refractivity contribution >= 4 is 71.1 Å². The predicted molar refractivity (Wildman–Crippen MR) is 282 cm³/mol. The molecule has 0 bridgehead atoms. The Morgan fingerprint density at radius 2 is 0.845 bits per heavy atom. The summed E-state index contributed by atoms with van der Waals surface area (Å²) in [6.07, 6.45) is 0. The van der Waals surface area contributed by atoms with E-state index in [1.807, 2.05) is 24.3 Å². The number of hydrogen-bond donors (Lipinski definition) is 0. The van der Waals surface area contributed by atoms with Crippen molar-refractivity contribution in [3.8, 4) is 69.2 Å². The molecule has 9 aromatic carbocycles. The summed E-state index contributed by atoms with van der Waals surface area (Å²) in [5.74, 6) is 0.308. The van der Waals surface area contributed by atoms with Crippen LogP contribution in [0.3, 0.4) is 0 Å². The highest BCUT2D eigenvalue weighted by molar-refractivity contribution is 6.14. The number of aromatic nitrogens is 5. The van der Waals surface area contributed by atoms with E-state index in [4.69, 9.17) is 16.5 Å². The lowest BCUT2D eigenvalue weighted by atomic mass is 9.96. The van der Waals surface area contributed by atoms with Gasteiger partial charge in [0.25, 0.3) is 0 Å². The van der Waals surface area contributed by atoms with Gasteiger partial charge in [0.1, 0.15) is 0 Å². The van der Waals surface area contributed by atoms with Crippen LogP contribution in [0.4, 0.5) is 5.69 Å². The SMILES string of the molecule is [C-]#[N+]c1cccc(-c2nc(-c3cccc(C#N)c3)cc(-c3c(C#N)cc(-n4c5ccc(-n6c7ccccc7c7ccccc76)cc5c5cc(-n6c7ccccc7c7ccccc76)ccc54)cc3C#N)n2)c1. The summed E-state index contributed by atoms with van der Waals surface area (Å²) in [5, 5.41) is 38.7. The van der Waals surface area contributed by atoms with Crippen molar-refractivity contribution in [2.75, 3.05) is 0 Å². The summed E-state index contributed by atoms with van der Waals surface area (Å²) in [6, 6.07) is 73.6. The van der Waals surface area contributed by atoms with Crippen LogP contribution in [0.25, 0.3) is 121 Å². The minimum absolute atomic E-state index is 0.245. The molecule has 4 heterocycles. The summed E-state index contributed by atoms with van der Waals surface area (Å²) < 4.78 is 6.78. The zero-order valence-electron chi connectivity index (χ0n) is 37.6. The Morgan fingerprint density at radius 1 is 0.380 bits per heavy atom. The maximum atomic E-state index is 11.1. The van der Waals surface area contributed by atoms with Gasteiger partial charge in [-0.1, -0.05) is 103 Å². The van der Waals surface area contributed by atoms with Crippen molar-refractivity contribution in [2.24, 2.45) is 0 Å². The largest absolute Gasteiger partial charge is 0.309 e. The summed E-state index contributed by atoms with van der Waals surface area (Å²) in [4.78, 5) is 13.5. The van der Waals surface area contributed by atoms with Crippen LogP contribution in [0.2, 0.25) is 0 Å². The molecule has 0 aliphatic carbocycles. The molecule has 0 unspecified atom stereocenters. The van der Waals surface area contributed by atoms with E-state index in [1.54, 1.807) is 42.5 Å². The van der Waals surface area contributed by atoms with Gasteiger partial charge in [0.05, 0.1) is 86.0 Å². The fourth-order valence-corrected chi connectivity index (χ4v) is 10.5. The standard InChI is InChI=1S/C62H33N9/c1-66-43-15-11-14-40(29-43)62-67-53(39-13-10-12-38(28-39)35-63)34-54(68-62)61-41(36-64)30-46(31-42(61)37-65)71-59-26-24-44(69-55-20-6-2-16-47(55)48-17-3-7-21-56(48)69)32-51(59)52-33-45(25-27-60(52)71)70-57-22-8-4-18-49(57)50-19-5-9-23-58(50)70/h2-34H. The zero-order chi connectivity index (χ0) is 47.7. The van der Waals surface area contributed by atoms with E-state index in [-0.39, 0.29) is 11.1 Å². The first-order valence-electron chi connectivity index (χ1n) is 22.9. The fourth-order valence-electron chi connectivity index (χ4n) is 10.5. The van der Waals surface area contributed by atoms with Gasteiger partial charge in [-0.2, -0.15) is 15.8 Å². The van der Waals surface area contributed by atoms with E-state index in [0.717, 1.165) is 55.2 Å². The number of nitriles is 3. The second-order valence-corrected chi connectivity index (χ2v) is 17.4. The van der Waals surface area contributed by atoms with Crippen LogP contribution in [0.1, 0.15) is 16.7 Å². The Morgan fingerprint density at radius 3 is 1.35 bits per heavy atom. The van der Waals surface area contributed by atoms with Gasteiger partial charge in [0.2, 0.25) is 0 Å². The molecule has 0 saturated carbocycles. The molecule has 0 saturated heterocycles. The highest BCUT2D eigenvalue weighted by atomic mass is 15.0. The van der Waals surface area contributed by atoms with Crippen LogP contribution in [0.15, 0.2) is 200 Å². The third kappa shape index (κ3) is 6.37. The Hall–Kier alpha value is -10.6. The molecule has 9 heteroatoms. The number of rotatable bonds is 6. The molecule has 326 valence electrons. The van der Waals surface area contributed by atoms with Crippen molar-refractivity contribution in [1.29, 1.82) is 15.8 Å². The Labute approximate surface area is 406 Å². The quantitative estimate of drug-likeness (QED) is 0.154. The third-order valence-corrected chi connectivity index (χ3v) is 13.5. The van der Waals surface area contributed by atoms with Gasteiger partial charge in [-0.3, -0.25) is 0 Å². The van der Waals surface area contributed by atoms with Crippen LogP contribution in [-0.2, 0) is 0 Å². The number of para-hydroxylation sites is 4. The second-order valence-electron chi connectivity index (χ2n) is 17.4. The molecular formula is C62H33N9. The molecule has 0 N–H and O–H groups in total. The topological polar surface area (TPSA) is 116 Å². The van der Waals surface area contributed by atoms with Gasteiger partial charge in [-0.15, -0.1) is 0 Å². The number of fused-ring (bicyclic) bond motifs is 9. The number of benzene rings is 9. The van der Waals surface area contributed by atoms with Crippen molar-refractivity contribution in [3.05, 3.63) is 228 Å². The molecule has 13 aromatic rings. The monoisotopic (exact) mass is 903 g/mol. The lowest BCUT2D eigenvalue weighted by Crippen LogP contribution is -2.02. The van der Waals surface area contributed by atoms with Crippen LogP contribution in [0, 0.1) is 40.6 Å². The van der Waals surface area contributed by atoms with Gasteiger partial charge in [0, 0.05) is 66.1 Å². The molecule has 9 nitrogen and oxygen atoms in total. The van der Waals surface area contributed by atoms with Gasteiger partial charge < -0.3 is 13.7 Å². The Kier molecular flexibility index (Phi) is 9.19. The third-order valence-electron chi connectivity index (χ3n) is 13.5. The Balaban J connectivity index is 1.06. The Bertz CT molecular complexity index is 4210. The average molecular weight is 904 g/mol. The molecule has 0 radical (unpaired) electrons. The maximum absolute atomic E-state index is 11.1. The molecule has 0 spiro atoms. The molecule has 13 rings (SSSR count). The molecule has 0 fully saturated rings. The number of hydrogen-bond acceptors (Lipinski definition) is 5. The molecule has 0 atom stereocenters. The fraction of sp³-hybridized carbons (Fsp3) is 0. The van der Waals surface area contributed by atoms with Gasteiger partial charge in [-0.05, 0) is 97.1 Å². The van der Waals surface area contributed by atoms with Gasteiger partial charge in [-0.25, -0.2) is 14.8 Å². The highest BCUT2D eigenvalue weighted by Gasteiger charge is 2.23. The van der Waals surface area contributed by atoms with E-state index in [9.17, 15) is 15.8 Å². The minimum atomic E-state index is 0.245. The van der Waals surface area contributed by atoms with E-state index in [2.05, 4.69) is 170 Å². The van der Waals surface area contributed by atoms with Crippen molar-refractivity contribution in [3.63, 3.8) is 0 Å². The molecule has 0 aliphatic heterocycles. The van der Waals surface area contributed by atoms with E-state index < -0.39 is 0 Å². The molecule has 0 aliphatic rings. The van der Waals surface area contributed by atoms with E-state index >= 15 is 0 Å². The molecule has 0 amide bonds. The smallest absolute Gasteiger partial charge is 0.187 e. The van der Waals surface area contributed by atoms with Crippen LogP contribution in [-0.4, -0.2) is 23.7 Å². The summed E-state index contributed by atoms with van der Waals surface area (Å²) in [6.45, 7) is 7.67. The molecule has 71 heavy (non-hydrogen) atoms. The van der Waals surface area contributed by atoms with Crippen LogP contribution < -0.4 is 0 Å². The maximum Gasteiger partial charge on any atom is 0.187 e. The molecule has 4 aromatic heterocycles. The van der Waals surface area contributed by atoms with Crippen LogP contribution >= 0.6 is 0 Å². The van der Waals surface area contributed by atoms with Crippen molar-refractivity contribution in [2.45, 2.75) is 0 Å². The van der Waals surface area contributed by atoms with Gasteiger partial charge >= 0.3 is 0 Å². The van der Waals surface area contributed by atoms with E-state index in [1.165, 1.54) is 21.5 Å². The summed E-state index contributed by atoms with van der Waals surface area (Å²) >= 11 is 0. The summed E-state index contributed by atoms with van der Waals surface area (Å²) in [7, 11) is 0. The second kappa shape index (κ2) is 16.0. The lowest BCUT2D eigenvalue weighted by molar-refractivity contribution is 1.15. The van der Waals surface area contributed by atoms with Crippen molar-refractivity contribution < 1.29 is 0 Å². The van der Waals surface area contributed by atoms with Crippen molar-refractivity contribution in [1.82, 2.24) is 23.7 Å². The van der Waals surface area contributed by atoms with Crippen LogP contribution in [0.5, 0.6) is 0 Å². The van der Waals surface area contributed by atoms with E-state index in [0.29, 0.717) is 50.8 Å². The average Bonchev–Trinajstić information content (AvgIpc) is 4.08. The normalized spacial score (nSPS) is 11.3. The summed E-state index contributed by atoms with van der Waals surface area (Å²) in [5.41, 5.74) is 12.6. The first-order valence-corrected chi connectivity index (χ1v) is 22.9. The lowest BCUT2D eigenvalue weighted by Gasteiger charge is -2.15. The minimum Gasteiger partial charge on any atom is -0.309 e.